The van der Waals surface area contributed by atoms with Gasteiger partial charge in [-0.3, -0.25) is 9.59 Å². The summed E-state index contributed by atoms with van der Waals surface area (Å²) in [5.41, 5.74) is 2.00. The molecule has 0 amide bonds. The monoisotopic (exact) mass is 382 g/mol. The molecule has 7 heteroatoms. The van der Waals surface area contributed by atoms with Crippen LogP contribution in [0.3, 0.4) is 0 Å². The number of esters is 2. The van der Waals surface area contributed by atoms with E-state index < -0.39 is 11.8 Å². The summed E-state index contributed by atoms with van der Waals surface area (Å²) in [4.78, 5) is 24.3. The van der Waals surface area contributed by atoms with Gasteiger partial charge < -0.3 is 23.7 Å². The highest BCUT2D eigenvalue weighted by Crippen LogP contribution is 2.35. The molecule has 0 saturated carbocycles. The summed E-state index contributed by atoms with van der Waals surface area (Å²) in [5, 5.41) is 0. The Morgan fingerprint density at radius 2 is 1.15 bits per heavy atom. The van der Waals surface area contributed by atoms with Crippen LogP contribution in [0.15, 0.2) is 23.3 Å². The lowest BCUT2D eigenvalue weighted by molar-refractivity contribution is -0.153. The zero-order chi connectivity index (χ0) is 20.1. The Morgan fingerprint density at radius 3 is 1.44 bits per heavy atom. The quantitative estimate of drug-likeness (QED) is 0.514. The van der Waals surface area contributed by atoms with Crippen LogP contribution < -0.4 is 0 Å². The minimum absolute atomic E-state index is 0.258. The minimum Gasteiger partial charge on any atom is -0.469 e. The van der Waals surface area contributed by atoms with E-state index in [-0.39, 0.29) is 36.4 Å². The second kappa shape index (κ2) is 9.48. The molecule has 152 valence electrons. The number of hydrogen-bond donors (Lipinski definition) is 0. The maximum absolute atomic E-state index is 12.1. The lowest BCUT2D eigenvalue weighted by Gasteiger charge is -2.37. The molecule has 0 aromatic heterocycles. The molecule has 0 saturated heterocycles. The van der Waals surface area contributed by atoms with Gasteiger partial charge in [-0.25, -0.2) is 0 Å². The predicted molar refractivity (Wildman–Crippen MR) is 98.0 cm³/mol. The van der Waals surface area contributed by atoms with Crippen molar-refractivity contribution in [3.05, 3.63) is 23.3 Å². The summed E-state index contributed by atoms with van der Waals surface area (Å²) < 4.78 is 27.0. The van der Waals surface area contributed by atoms with Crippen molar-refractivity contribution >= 4 is 11.9 Å². The first-order valence-corrected chi connectivity index (χ1v) is 9.09. The van der Waals surface area contributed by atoms with Crippen LogP contribution in [0.5, 0.6) is 0 Å². The summed E-state index contributed by atoms with van der Waals surface area (Å²) in [5.74, 6) is -1.49. The molecule has 0 aromatic rings. The Bertz CT molecular complexity index is 557. The van der Waals surface area contributed by atoms with E-state index in [1.807, 2.05) is 26.0 Å². The Hall–Kier alpha value is -1.70. The molecule has 2 rings (SSSR count). The Kier molecular flexibility index (Phi) is 7.59. The normalized spacial score (nSPS) is 33.7. The number of rotatable bonds is 6. The Labute approximate surface area is 160 Å². The van der Waals surface area contributed by atoms with Gasteiger partial charge in [0.05, 0.1) is 50.5 Å². The summed E-state index contributed by atoms with van der Waals surface area (Å²) in [6.07, 6.45) is 3.57. The fourth-order valence-corrected chi connectivity index (χ4v) is 3.82. The number of ether oxygens (including phenoxy) is 5. The molecular formula is C20H30O7. The lowest BCUT2D eigenvalue weighted by Crippen LogP contribution is -2.42. The van der Waals surface area contributed by atoms with Crippen molar-refractivity contribution in [3.8, 4) is 0 Å². The maximum atomic E-state index is 12.1. The highest BCUT2D eigenvalue weighted by Gasteiger charge is 2.40. The van der Waals surface area contributed by atoms with Gasteiger partial charge >= 0.3 is 11.9 Å². The van der Waals surface area contributed by atoms with Crippen molar-refractivity contribution in [3.63, 3.8) is 0 Å². The van der Waals surface area contributed by atoms with Crippen LogP contribution in [0.25, 0.3) is 0 Å². The largest absolute Gasteiger partial charge is 0.469 e. The average molecular weight is 382 g/mol. The highest BCUT2D eigenvalue weighted by molar-refractivity contribution is 5.74. The zero-order valence-corrected chi connectivity index (χ0v) is 16.9. The molecule has 0 aromatic carbocycles. The summed E-state index contributed by atoms with van der Waals surface area (Å²) in [6.45, 7) is 3.92. The van der Waals surface area contributed by atoms with E-state index in [1.54, 1.807) is 14.2 Å². The number of carbonyl (C=O) groups is 2. The molecule has 0 heterocycles. The van der Waals surface area contributed by atoms with Gasteiger partial charge in [-0.1, -0.05) is 12.2 Å². The van der Waals surface area contributed by atoms with Gasteiger partial charge in [0, 0.05) is 14.2 Å². The van der Waals surface area contributed by atoms with E-state index in [9.17, 15) is 9.59 Å². The van der Waals surface area contributed by atoms with E-state index in [2.05, 4.69) is 0 Å². The molecule has 0 N–H and O–H groups in total. The summed E-state index contributed by atoms with van der Waals surface area (Å²) in [7, 11) is 5.89. The number of carbonyl (C=O) groups excluding carboxylic acids is 2. The predicted octanol–water partition coefficient (Wildman–Crippen LogP) is 2.05. The standard InChI is InChI=1S/C20H30O7/c1-11-7-17(23-3)13(19(21)25-5)9-15(11)27-16-10-14(20(22)26-6)18(24-4)8-12(16)2/h7-8,13-18H,9-10H2,1-6H3/t13-,14+,15-,16+,17+,18-. The van der Waals surface area contributed by atoms with Gasteiger partial charge in [-0.2, -0.15) is 0 Å². The third kappa shape index (κ3) is 4.78. The zero-order valence-electron chi connectivity index (χ0n) is 16.9. The molecule has 0 radical (unpaired) electrons. The van der Waals surface area contributed by atoms with Gasteiger partial charge in [0.2, 0.25) is 0 Å². The van der Waals surface area contributed by atoms with Crippen molar-refractivity contribution in [2.45, 2.75) is 51.1 Å². The second-order valence-electron chi connectivity index (χ2n) is 7.07. The van der Waals surface area contributed by atoms with E-state index in [1.165, 1.54) is 14.2 Å². The SMILES string of the molecule is COC(=O)[C@H]1C[C@H](O[C@@H]2C[C@@H](C(=O)OC)[C@@H](OC)C=C2C)C(C)=C[C@H]1OC. The van der Waals surface area contributed by atoms with Gasteiger partial charge in [-0.15, -0.1) is 0 Å². The van der Waals surface area contributed by atoms with Crippen LogP contribution in [0, 0.1) is 11.8 Å². The van der Waals surface area contributed by atoms with Crippen molar-refractivity contribution in [1.82, 2.24) is 0 Å². The molecule has 0 spiro atoms. The molecule has 6 atom stereocenters. The first-order chi connectivity index (χ1) is 12.9. The molecular weight excluding hydrogens is 352 g/mol. The molecule has 2 aliphatic rings. The van der Waals surface area contributed by atoms with E-state index in [0.29, 0.717) is 12.8 Å². The average Bonchev–Trinajstić information content (AvgIpc) is 2.68. The molecule has 7 nitrogen and oxygen atoms in total. The summed E-state index contributed by atoms with van der Waals surface area (Å²) in [6, 6.07) is 0. The fraction of sp³-hybridized carbons (Fsp3) is 0.700. The maximum Gasteiger partial charge on any atom is 0.311 e. The van der Waals surface area contributed by atoms with Crippen LogP contribution >= 0.6 is 0 Å². The Balaban J connectivity index is 2.19. The van der Waals surface area contributed by atoms with Crippen LogP contribution in [0.1, 0.15) is 26.7 Å². The van der Waals surface area contributed by atoms with E-state index >= 15 is 0 Å². The van der Waals surface area contributed by atoms with Gasteiger partial charge in [0.15, 0.2) is 0 Å². The van der Waals surface area contributed by atoms with Gasteiger partial charge in [0.1, 0.15) is 0 Å². The van der Waals surface area contributed by atoms with Crippen LogP contribution in [-0.4, -0.2) is 64.8 Å². The van der Waals surface area contributed by atoms with E-state index in [0.717, 1.165) is 11.1 Å². The second-order valence-corrected chi connectivity index (χ2v) is 7.07. The third-order valence-corrected chi connectivity index (χ3v) is 5.48. The molecule has 0 unspecified atom stereocenters. The molecule has 27 heavy (non-hydrogen) atoms. The van der Waals surface area contributed by atoms with Gasteiger partial charge in [0.25, 0.3) is 0 Å². The van der Waals surface area contributed by atoms with Crippen LogP contribution in [0.2, 0.25) is 0 Å². The lowest BCUT2D eigenvalue weighted by atomic mass is 9.83. The van der Waals surface area contributed by atoms with E-state index in [4.69, 9.17) is 23.7 Å². The smallest absolute Gasteiger partial charge is 0.311 e. The van der Waals surface area contributed by atoms with Crippen LogP contribution in [0.4, 0.5) is 0 Å². The first kappa shape index (κ1) is 21.6. The number of hydrogen-bond acceptors (Lipinski definition) is 7. The molecule has 2 aliphatic carbocycles. The molecule has 0 fully saturated rings. The van der Waals surface area contributed by atoms with Crippen molar-refractivity contribution in [2.75, 3.05) is 28.4 Å². The van der Waals surface area contributed by atoms with Crippen LogP contribution in [-0.2, 0) is 33.3 Å². The highest BCUT2D eigenvalue weighted by atomic mass is 16.5. The third-order valence-electron chi connectivity index (χ3n) is 5.48. The topological polar surface area (TPSA) is 80.3 Å². The summed E-state index contributed by atoms with van der Waals surface area (Å²) >= 11 is 0. The van der Waals surface area contributed by atoms with Gasteiger partial charge in [-0.05, 0) is 37.8 Å². The van der Waals surface area contributed by atoms with Crippen molar-refractivity contribution in [2.24, 2.45) is 11.8 Å². The fourth-order valence-electron chi connectivity index (χ4n) is 3.82. The Morgan fingerprint density at radius 1 is 0.778 bits per heavy atom. The first-order valence-electron chi connectivity index (χ1n) is 9.09. The number of methoxy groups -OCH3 is 4. The van der Waals surface area contributed by atoms with Crippen molar-refractivity contribution in [1.29, 1.82) is 0 Å². The molecule has 0 aliphatic heterocycles. The molecule has 0 bridgehead atoms. The van der Waals surface area contributed by atoms with Crippen molar-refractivity contribution < 1.29 is 33.3 Å². The minimum atomic E-state index is -0.426.